The molecule has 0 spiro atoms. The van der Waals surface area contributed by atoms with Crippen LogP contribution in [-0.4, -0.2) is 34.3 Å². The fourth-order valence-corrected chi connectivity index (χ4v) is 4.63. The van der Waals surface area contributed by atoms with Crippen molar-refractivity contribution in [3.8, 4) is 0 Å². The molecule has 1 aliphatic carbocycles. The van der Waals surface area contributed by atoms with E-state index in [1.165, 1.54) is 36.9 Å². The molecule has 188 valence electrons. The van der Waals surface area contributed by atoms with Crippen LogP contribution in [0.2, 0.25) is 0 Å². The van der Waals surface area contributed by atoms with Crippen molar-refractivity contribution in [1.82, 2.24) is 14.9 Å². The molecule has 1 saturated carbocycles. The van der Waals surface area contributed by atoms with Crippen LogP contribution in [0.15, 0.2) is 59.7 Å². The number of hydrogen-bond acceptors (Lipinski definition) is 5. The number of anilines is 1. The summed E-state index contributed by atoms with van der Waals surface area (Å²) in [5.41, 5.74) is 2.26. The van der Waals surface area contributed by atoms with Gasteiger partial charge in [0.05, 0.1) is 12.6 Å². The second-order valence-electron chi connectivity index (χ2n) is 9.32. The van der Waals surface area contributed by atoms with Gasteiger partial charge in [0.1, 0.15) is 11.5 Å². The Morgan fingerprint density at radius 3 is 2.47 bits per heavy atom. The van der Waals surface area contributed by atoms with Crippen molar-refractivity contribution < 1.29 is 14.0 Å². The number of halogens is 1. The Balaban J connectivity index is 1.68. The third-order valence-electron chi connectivity index (χ3n) is 6.82. The van der Waals surface area contributed by atoms with Gasteiger partial charge in [-0.15, -0.1) is 0 Å². The van der Waals surface area contributed by atoms with E-state index >= 15 is 0 Å². The zero-order valence-electron chi connectivity index (χ0n) is 20.6. The van der Waals surface area contributed by atoms with Crippen LogP contribution in [0.3, 0.4) is 0 Å². The number of ketones is 1. The van der Waals surface area contributed by atoms with Crippen LogP contribution in [-0.2, 0) is 11.3 Å². The minimum absolute atomic E-state index is 0.216. The van der Waals surface area contributed by atoms with E-state index in [2.05, 4.69) is 15.6 Å². The smallest absolute Gasteiger partial charge is 0.274 e. The maximum Gasteiger partial charge on any atom is 0.274 e. The molecule has 2 N–H and O–H groups in total. The largest absolute Gasteiger partial charge is 0.320 e. The first-order valence-electron chi connectivity index (χ1n) is 12.3. The van der Waals surface area contributed by atoms with Crippen LogP contribution in [0.25, 0.3) is 0 Å². The van der Waals surface area contributed by atoms with Gasteiger partial charge in [0.25, 0.3) is 5.56 Å². The molecule has 3 aromatic rings. The summed E-state index contributed by atoms with van der Waals surface area (Å²) >= 11 is 0. The average Bonchev–Trinajstić information content (AvgIpc) is 2.91. The molecule has 1 atom stereocenters. The van der Waals surface area contributed by atoms with E-state index in [1.807, 2.05) is 6.07 Å². The summed E-state index contributed by atoms with van der Waals surface area (Å²) in [6, 6.07) is 10.2. The van der Waals surface area contributed by atoms with E-state index in [1.54, 1.807) is 36.9 Å². The van der Waals surface area contributed by atoms with Gasteiger partial charge in [0.15, 0.2) is 5.78 Å². The molecule has 1 aromatic carbocycles. The lowest BCUT2D eigenvalue weighted by molar-refractivity contribution is -0.117. The molecule has 0 unspecified atom stereocenters. The standard InChI is InChI=1S/C28H31FN4O3/c1-18(30-2)27(35)32-24-12-13-25(20-6-4-3-5-7-20)33(28(24)36)17-19-14-22(16-31-15-19)26(34)21-8-10-23(29)11-9-21/h8-16,18,20,30H,3-7,17H2,1-2H3,(H,32,35)/t18-/m0/s1. The second kappa shape index (κ2) is 11.4. The van der Waals surface area contributed by atoms with Crippen LogP contribution in [0, 0.1) is 5.82 Å². The number of nitrogens with one attached hydrogen (secondary N) is 2. The number of amides is 1. The molecule has 8 heteroatoms. The minimum atomic E-state index is -0.450. The molecule has 0 radical (unpaired) electrons. The predicted molar refractivity (Wildman–Crippen MR) is 137 cm³/mol. The maximum atomic E-state index is 13.6. The monoisotopic (exact) mass is 490 g/mol. The van der Waals surface area contributed by atoms with Crippen LogP contribution >= 0.6 is 0 Å². The van der Waals surface area contributed by atoms with Crippen molar-refractivity contribution in [2.75, 3.05) is 12.4 Å². The Bertz CT molecular complexity index is 1300. The number of carbonyl (C=O) groups excluding carboxylic acids is 2. The molecule has 4 rings (SSSR count). The van der Waals surface area contributed by atoms with Gasteiger partial charge in [-0.2, -0.15) is 0 Å². The van der Waals surface area contributed by atoms with Crippen LogP contribution < -0.4 is 16.2 Å². The molecule has 1 amide bonds. The Morgan fingerprint density at radius 2 is 1.78 bits per heavy atom. The van der Waals surface area contributed by atoms with Gasteiger partial charge in [0, 0.05) is 29.2 Å². The normalized spacial score (nSPS) is 14.9. The van der Waals surface area contributed by atoms with E-state index in [4.69, 9.17) is 0 Å². The summed E-state index contributed by atoms with van der Waals surface area (Å²) in [6.07, 6.45) is 8.52. The Hall–Kier alpha value is -3.65. The number of likely N-dealkylation sites (N-methyl/N-ethyl adjacent to an activating group) is 1. The Labute approximate surface area is 209 Å². The van der Waals surface area contributed by atoms with E-state index in [9.17, 15) is 18.8 Å². The summed E-state index contributed by atoms with van der Waals surface area (Å²) in [6.45, 7) is 1.94. The molecule has 0 bridgehead atoms. The van der Waals surface area contributed by atoms with Crippen molar-refractivity contribution in [3.05, 3.63) is 93.4 Å². The quantitative estimate of drug-likeness (QED) is 0.461. The number of nitrogens with zero attached hydrogens (tertiary/aromatic N) is 2. The van der Waals surface area contributed by atoms with Crippen molar-refractivity contribution in [1.29, 1.82) is 0 Å². The summed E-state index contributed by atoms with van der Waals surface area (Å²) in [7, 11) is 1.68. The molecule has 0 saturated heterocycles. The SMILES string of the molecule is CN[C@@H](C)C(=O)Nc1ccc(C2CCCCC2)n(Cc2cncc(C(=O)c3ccc(F)cc3)c2)c1=O. The maximum absolute atomic E-state index is 13.6. The Kier molecular flexibility index (Phi) is 8.05. The van der Waals surface area contributed by atoms with Gasteiger partial charge >= 0.3 is 0 Å². The first-order chi connectivity index (χ1) is 17.4. The number of carbonyl (C=O) groups is 2. The van der Waals surface area contributed by atoms with Crippen molar-refractivity contribution in [3.63, 3.8) is 0 Å². The molecule has 2 heterocycles. The summed E-state index contributed by atoms with van der Waals surface area (Å²) in [5.74, 6) is -0.722. The third-order valence-corrected chi connectivity index (χ3v) is 6.82. The molecule has 0 aliphatic heterocycles. The lowest BCUT2D eigenvalue weighted by Gasteiger charge is -2.26. The highest BCUT2D eigenvalue weighted by Crippen LogP contribution is 2.32. The number of benzene rings is 1. The summed E-state index contributed by atoms with van der Waals surface area (Å²) in [4.78, 5) is 43.2. The molecule has 2 aromatic heterocycles. The minimum Gasteiger partial charge on any atom is -0.320 e. The zero-order valence-corrected chi connectivity index (χ0v) is 20.6. The first kappa shape index (κ1) is 25.4. The van der Waals surface area contributed by atoms with Crippen LogP contribution in [0.1, 0.15) is 72.1 Å². The van der Waals surface area contributed by atoms with Crippen LogP contribution in [0.5, 0.6) is 0 Å². The summed E-state index contributed by atoms with van der Waals surface area (Å²) in [5, 5.41) is 5.61. The first-order valence-corrected chi connectivity index (χ1v) is 12.3. The van der Waals surface area contributed by atoms with Gasteiger partial charge in [-0.3, -0.25) is 19.4 Å². The van der Waals surface area contributed by atoms with Crippen LogP contribution in [0.4, 0.5) is 10.1 Å². The highest BCUT2D eigenvalue weighted by molar-refractivity contribution is 6.08. The van der Waals surface area contributed by atoms with Gasteiger partial charge in [-0.1, -0.05) is 19.3 Å². The van der Waals surface area contributed by atoms with E-state index in [-0.39, 0.29) is 35.4 Å². The fraction of sp³-hybridized carbons (Fsp3) is 0.357. The molecular formula is C28H31FN4O3. The van der Waals surface area contributed by atoms with Crippen molar-refractivity contribution >= 4 is 17.4 Å². The molecule has 36 heavy (non-hydrogen) atoms. The van der Waals surface area contributed by atoms with Gasteiger partial charge < -0.3 is 15.2 Å². The molecular weight excluding hydrogens is 459 g/mol. The van der Waals surface area contributed by atoms with Gasteiger partial charge in [-0.05, 0) is 80.8 Å². The topological polar surface area (TPSA) is 93.1 Å². The van der Waals surface area contributed by atoms with E-state index < -0.39 is 11.9 Å². The van der Waals surface area contributed by atoms with Gasteiger partial charge in [-0.25, -0.2) is 4.39 Å². The zero-order chi connectivity index (χ0) is 25.7. The predicted octanol–water partition coefficient (Wildman–Crippen LogP) is 4.26. The molecule has 1 fully saturated rings. The molecule has 7 nitrogen and oxygen atoms in total. The lowest BCUT2D eigenvalue weighted by Crippen LogP contribution is -2.38. The van der Waals surface area contributed by atoms with E-state index in [0.717, 1.165) is 31.4 Å². The lowest BCUT2D eigenvalue weighted by atomic mass is 9.86. The summed E-state index contributed by atoms with van der Waals surface area (Å²) < 4.78 is 15.0. The van der Waals surface area contributed by atoms with Crippen molar-refractivity contribution in [2.45, 2.75) is 57.5 Å². The third kappa shape index (κ3) is 5.76. The average molecular weight is 491 g/mol. The number of rotatable bonds is 8. The van der Waals surface area contributed by atoms with E-state index in [0.29, 0.717) is 16.7 Å². The van der Waals surface area contributed by atoms with Crippen molar-refractivity contribution in [2.24, 2.45) is 0 Å². The Morgan fingerprint density at radius 1 is 1.06 bits per heavy atom. The highest BCUT2D eigenvalue weighted by Gasteiger charge is 2.22. The highest BCUT2D eigenvalue weighted by atomic mass is 19.1. The number of pyridine rings is 2. The number of aromatic nitrogens is 2. The molecule has 1 aliphatic rings. The fourth-order valence-electron chi connectivity index (χ4n) is 4.63. The second-order valence-corrected chi connectivity index (χ2v) is 9.32. The number of hydrogen-bond donors (Lipinski definition) is 2. The van der Waals surface area contributed by atoms with Gasteiger partial charge in [0.2, 0.25) is 5.91 Å².